The van der Waals surface area contributed by atoms with E-state index in [1.807, 2.05) is 0 Å². The van der Waals surface area contributed by atoms with Crippen molar-refractivity contribution in [2.24, 2.45) is 0 Å². The van der Waals surface area contributed by atoms with Crippen molar-refractivity contribution < 1.29 is 18.3 Å². The van der Waals surface area contributed by atoms with Gasteiger partial charge in [-0.15, -0.1) is 12.6 Å². The molecule has 0 aromatic heterocycles. The molecule has 1 aliphatic carbocycles. The number of rotatable bonds is 3. The van der Waals surface area contributed by atoms with Gasteiger partial charge in [-0.3, -0.25) is 5.32 Å². The highest BCUT2D eigenvalue weighted by Gasteiger charge is 2.31. The molecular weight excluding hydrogens is 227 g/mol. The highest BCUT2D eigenvalue weighted by molar-refractivity contribution is 7.84. The maximum absolute atomic E-state index is 11.9. The van der Waals surface area contributed by atoms with Gasteiger partial charge in [0.05, 0.1) is 6.42 Å². The van der Waals surface area contributed by atoms with E-state index in [1.165, 1.54) is 0 Å². The summed E-state index contributed by atoms with van der Waals surface area (Å²) in [5, 5.41) is 11.6. The first-order valence-electron chi connectivity index (χ1n) is 4.45. The second-order valence-electron chi connectivity index (χ2n) is 3.33. The van der Waals surface area contributed by atoms with Gasteiger partial charge in [0.1, 0.15) is 6.23 Å². The lowest BCUT2D eigenvalue weighted by Gasteiger charge is -2.21. The molecular formula is C9H12F3NOS. The number of allylic oxidation sites excluding steroid dienone is 1. The van der Waals surface area contributed by atoms with Gasteiger partial charge in [-0.2, -0.15) is 13.2 Å². The summed E-state index contributed by atoms with van der Waals surface area (Å²) < 4.78 is 35.6. The molecule has 0 unspecified atom stereocenters. The maximum Gasteiger partial charge on any atom is 0.392 e. The first kappa shape index (κ1) is 12.6. The first-order chi connectivity index (χ1) is 6.87. The SMILES string of the molecule is O[C@H](CC(F)(F)F)N[C@@H]1C=CC(S)=CC1. The van der Waals surface area contributed by atoms with Crippen LogP contribution >= 0.6 is 12.6 Å². The molecule has 2 atom stereocenters. The van der Waals surface area contributed by atoms with Crippen LogP contribution in [0.1, 0.15) is 12.8 Å². The van der Waals surface area contributed by atoms with Crippen LogP contribution in [0, 0.1) is 0 Å². The van der Waals surface area contributed by atoms with E-state index in [4.69, 9.17) is 5.11 Å². The van der Waals surface area contributed by atoms with Gasteiger partial charge >= 0.3 is 6.18 Å². The summed E-state index contributed by atoms with van der Waals surface area (Å²) in [6.07, 6.45) is -1.48. The Morgan fingerprint density at radius 2 is 2.27 bits per heavy atom. The third kappa shape index (κ3) is 5.25. The van der Waals surface area contributed by atoms with Crippen LogP contribution < -0.4 is 5.32 Å². The lowest BCUT2D eigenvalue weighted by atomic mass is 10.1. The van der Waals surface area contributed by atoms with Crippen LogP contribution in [0.5, 0.6) is 0 Å². The zero-order valence-corrected chi connectivity index (χ0v) is 8.72. The molecule has 0 fully saturated rings. The number of nitrogens with one attached hydrogen (secondary N) is 1. The fourth-order valence-corrected chi connectivity index (χ4v) is 1.45. The average Bonchev–Trinajstić information content (AvgIpc) is 2.05. The molecule has 0 amide bonds. The molecule has 15 heavy (non-hydrogen) atoms. The summed E-state index contributed by atoms with van der Waals surface area (Å²) in [5.41, 5.74) is 0. The van der Waals surface area contributed by atoms with Gasteiger partial charge in [0.25, 0.3) is 0 Å². The zero-order valence-electron chi connectivity index (χ0n) is 7.83. The number of aliphatic hydroxyl groups is 1. The normalized spacial score (nSPS) is 23.8. The molecule has 1 rings (SSSR count). The van der Waals surface area contributed by atoms with Crippen LogP contribution in [0.2, 0.25) is 0 Å². The van der Waals surface area contributed by atoms with Crippen molar-refractivity contribution in [3.8, 4) is 0 Å². The number of hydrogen-bond acceptors (Lipinski definition) is 3. The van der Waals surface area contributed by atoms with E-state index in [9.17, 15) is 13.2 Å². The van der Waals surface area contributed by atoms with E-state index >= 15 is 0 Å². The van der Waals surface area contributed by atoms with Crippen molar-refractivity contribution in [3.63, 3.8) is 0 Å². The predicted molar refractivity (Wildman–Crippen MR) is 54.4 cm³/mol. The van der Waals surface area contributed by atoms with Crippen molar-refractivity contribution in [2.75, 3.05) is 0 Å². The van der Waals surface area contributed by atoms with Gasteiger partial charge in [0.15, 0.2) is 0 Å². The summed E-state index contributed by atoms with van der Waals surface area (Å²) in [4.78, 5) is 0.776. The fraction of sp³-hybridized carbons (Fsp3) is 0.556. The maximum atomic E-state index is 11.9. The van der Waals surface area contributed by atoms with Crippen molar-refractivity contribution in [3.05, 3.63) is 23.1 Å². The van der Waals surface area contributed by atoms with Gasteiger partial charge in [-0.25, -0.2) is 0 Å². The molecule has 0 aromatic carbocycles. The summed E-state index contributed by atoms with van der Waals surface area (Å²) in [6.45, 7) is 0. The van der Waals surface area contributed by atoms with Crippen LogP contribution in [-0.2, 0) is 0 Å². The molecule has 0 aromatic rings. The number of hydrogen-bond donors (Lipinski definition) is 3. The Bertz CT molecular complexity index is 275. The predicted octanol–water partition coefficient (Wildman–Crippen LogP) is 1.99. The summed E-state index contributed by atoms with van der Waals surface area (Å²) in [5.74, 6) is 0. The van der Waals surface area contributed by atoms with Crippen molar-refractivity contribution >= 4 is 12.6 Å². The van der Waals surface area contributed by atoms with E-state index in [0.717, 1.165) is 4.91 Å². The molecule has 0 radical (unpaired) electrons. The average molecular weight is 239 g/mol. The van der Waals surface area contributed by atoms with Gasteiger partial charge in [-0.05, 0) is 11.3 Å². The number of alkyl halides is 3. The van der Waals surface area contributed by atoms with Crippen molar-refractivity contribution in [1.29, 1.82) is 0 Å². The molecule has 0 saturated heterocycles. The standard InChI is InChI=1S/C9H12F3NOS/c10-9(11,12)5-8(14)13-6-1-3-7(15)4-2-6/h1,3-4,6,8,13-15H,2,5H2/t6-,8-/m1/s1. The largest absolute Gasteiger partial charge is 0.392 e. The second kappa shape index (κ2) is 5.05. The first-order valence-corrected chi connectivity index (χ1v) is 4.90. The van der Waals surface area contributed by atoms with Gasteiger partial charge in [0, 0.05) is 6.04 Å². The molecule has 0 aliphatic heterocycles. The van der Waals surface area contributed by atoms with Crippen molar-refractivity contribution in [1.82, 2.24) is 5.32 Å². The molecule has 2 N–H and O–H groups in total. The number of aliphatic hydroxyl groups excluding tert-OH is 1. The van der Waals surface area contributed by atoms with E-state index in [0.29, 0.717) is 6.42 Å². The van der Waals surface area contributed by atoms with Crippen LogP contribution in [0.15, 0.2) is 23.1 Å². The Morgan fingerprint density at radius 1 is 1.60 bits per heavy atom. The number of thiol groups is 1. The highest BCUT2D eigenvalue weighted by Crippen LogP contribution is 2.21. The molecule has 0 heterocycles. The Morgan fingerprint density at radius 3 is 2.73 bits per heavy atom. The van der Waals surface area contributed by atoms with E-state index in [1.54, 1.807) is 18.2 Å². The third-order valence-electron chi connectivity index (χ3n) is 1.91. The minimum atomic E-state index is -4.35. The van der Waals surface area contributed by atoms with Crippen LogP contribution in [-0.4, -0.2) is 23.6 Å². The fourth-order valence-electron chi connectivity index (χ4n) is 1.26. The highest BCUT2D eigenvalue weighted by atomic mass is 32.1. The van der Waals surface area contributed by atoms with Crippen LogP contribution in [0.25, 0.3) is 0 Å². The Labute approximate surface area is 91.3 Å². The summed E-state index contributed by atoms with van der Waals surface area (Å²) in [6, 6.07) is -0.266. The molecule has 6 heteroatoms. The van der Waals surface area contributed by atoms with Crippen LogP contribution in [0.4, 0.5) is 13.2 Å². The van der Waals surface area contributed by atoms with Gasteiger partial charge in [0.2, 0.25) is 0 Å². The lowest BCUT2D eigenvalue weighted by Crippen LogP contribution is -2.40. The minimum Gasteiger partial charge on any atom is -0.378 e. The zero-order chi connectivity index (χ0) is 11.5. The van der Waals surface area contributed by atoms with Crippen molar-refractivity contribution in [2.45, 2.75) is 31.3 Å². The van der Waals surface area contributed by atoms with E-state index in [2.05, 4.69) is 17.9 Å². The summed E-state index contributed by atoms with van der Waals surface area (Å²) >= 11 is 4.07. The Balaban J connectivity index is 2.34. The smallest absolute Gasteiger partial charge is 0.378 e. The quantitative estimate of drug-likeness (QED) is 0.520. The molecule has 2 nitrogen and oxygen atoms in total. The van der Waals surface area contributed by atoms with E-state index in [-0.39, 0.29) is 6.04 Å². The molecule has 1 aliphatic rings. The van der Waals surface area contributed by atoms with Crippen LogP contribution in [0.3, 0.4) is 0 Å². The second-order valence-corrected chi connectivity index (χ2v) is 3.85. The summed E-state index contributed by atoms with van der Waals surface area (Å²) in [7, 11) is 0. The minimum absolute atomic E-state index is 0.266. The topological polar surface area (TPSA) is 32.3 Å². The third-order valence-corrected chi connectivity index (χ3v) is 2.24. The molecule has 0 spiro atoms. The molecule has 0 saturated carbocycles. The number of halogens is 3. The van der Waals surface area contributed by atoms with Gasteiger partial charge in [-0.1, -0.05) is 18.2 Å². The lowest BCUT2D eigenvalue weighted by molar-refractivity contribution is -0.157. The molecule has 0 bridgehead atoms. The Kier molecular flexibility index (Phi) is 4.24. The molecule has 86 valence electrons. The Hall–Kier alpha value is -0.460. The monoisotopic (exact) mass is 239 g/mol. The van der Waals surface area contributed by atoms with Gasteiger partial charge < -0.3 is 5.11 Å². The van der Waals surface area contributed by atoms with E-state index < -0.39 is 18.8 Å².